The second-order valence-corrected chi connectivity index (χ2v) is 5.33. The van der Waals surface area contributed by atoms with Crippen molar-refractivity contribution in [2.75, 3.05) is 23.8 Å². The first-order chi connectivity index (χ1) is 9.88. The zero-order valence-electron chi connectivity index (χ0n) is 11.5. The third-order valence-corrected chi connectivity index (χ3v) is 3.45. The predicted octanol–water partition coefficient (Wildman–Crippen LogP) is 0.635. The summed E-state index contributed by atoms with van der Waals surface area (Å²) >= 11 is 0. The highest BCUT2D eigenvalue weighted by molar-refractivity contribution is 5.95. The van der Waals surface area contributed by atoms with Gasteiger partial charge in [-0.1, -0.05) is 0 Å². The van der Waals surface area contributed by atoms with Gasteiger partial charge in [-0.05, 0) is 25.0 Å². The topological polar surface area (TPSA) is 125 Å². The molecule has 1 aromatic carbocycles. The van der Waals surface area contributed by atoms with Crippen molar-refractivity contribution in [1.29, 1.82) is 0 Å². The van der Waals surface area contributed by atoms with Crippen LogP contribution >= 0.6 is 0 Å². The maximum absolute atomic E-state index is 11.4. The summed E-state index contributed by atoms with van der Waals surface area (Å²) in [6.07, 6.45) is 0.738. The van der Waals surface area contributed by atoms with E-state index in [1.807, 2.05) is 0 Å². The first-order valence-corrected chi connectivity index (χ1v) is 6.49. The molecular formula is C13H17N3O5. The lowest BCUT2D eigenvalue weighted by atomic mass is 9.99. The van der Waals surface area contributed by atoms with Gasteiger partial charge >= 0.3 is 0 Å². The molecule has 0 aliphatic carbocycles. The van der Waals surface area contributed by atoms with Crippen LogP contribution in [0.25, 0.3) is 0 Å². The van der Waals surface area contributed by atoms with Crippen LogP contribution in [-0.4, -0.2) is 39.8 Å². The average molecular weight is 295 g/mol. The summed E-state index contributed by atoms with van der Waals surface area (Å²) in [5.41, 5.74) is 0.0983. The van der Waals surface area contributed by atoms with Gasteiger partial charge in [0.15, 0.2) is 0 Å². The smallest absolute Gasteiger partial charge is 0.292 e. The first kappa shape index (κ1) is 15.2. The number of nitrogens with zero attached hydrogens (tertiary/aromatic N) is 1. The maximum Gasteiger partial charge on any atom is 0.292 e. The summed E-state index contributed by atoms with van der Waals surface area (Å²) in [4.78, 5) is 22.1. The van der Waals surface area contributed by atoms with Crippen LogP contribution in [0, 0.1) is 10.1 Å². The molecule has 1 aromatic rings. The lowest BCUT2D eigenvalue weighted by Crippen LogP contribution is -2.42. The van der Waals surface area contributed by atoms with Crippen LogP contribution in [0.15, 0.2) is 12.1 Å². The van der Waals surface area contributed by atoms with Crippen LogP contribution in [0.5, 0.6) is 0 Å². The first-order valence-electron chi connectivity index (χ1n) is 6.49. The Bertz CT molecular complexity index is 583. The van der Waals surface area contributed by atoms with E-state index in [4.69, 9.17) is 0 Å². The molecule has 0 saturated heterocycles. The van der Waals surface area contributed by atoms with Gasteiger partial charge in [-0.25, -0.2) is 0 Å². The van der Waals surface area contributed by atoms with E-state index in [1.165, 1.54) is 19.1 Å². The number of nitro groups is 1. The molecule has 0 bridgehead atoms. The lowest BCUT2D eigenvalue weighted by molar-refractivity contribution is -0.384. The Labute approximate surface area is 120 Å². The van der Waals surface area contributed by atoms with Gasteiger partial charge in [0.2, 0.25) is 5.91 Å². The number of hydrogen-bond donors (Lipinski definition) is 4. The van der Waals surface area contributed by atoms with E-state index in [2.05, 4.69) is 10.6 Å². The van der Waals surface area contributed by atoms with E-state index in [0.29, 0.717) is 24.1 Å². The van der Waals surface area contributed by atoms with Crippen LogP contribution in [0.2, 0.25) is 0 Å². The van der Waals surface area contributed by atoms with Crippen molar-refractivity contribution in [3.8, 4) is 0 Å². The van der Waals surface area contributed by atoms with Gasteiger partial charge in [-0.2, -0.15) is 0 Å². The van der Waals surface area contributed by atoms with E-state index in [9.17, 15) is 25.1 Å². The van der Waals surface area contributed by atoms with E-state index in [-0.39, 0.29) is 17.3 Å². The standard InChI is InChI=1S/C13H17N3O5/c1-13(6-17,7-18)15-10-5-9-8(2-3-12(19)14-9)4-11(10)16(20)21/h4-5,15,17-18H,2-3,6-7H2,1H3,(H,14,19). The van der Waals surface area contributed by atoms with Gasteiger partial charge < -0.3 is 20.8 Å². The molecule has 2 rings (SSSR count). The van der Waals surface area contributed by atoms with Crippen LogP contribution in [-0.2, 0) is 11.2 Å². The summed E-state index contributed by atoms with van der Waals surface area (Å²) in [5, 5.41) is 35.2. The van der Waals surface area contributed by atoms with Gasteiger partial charge in [0.05, 0.1) is 23.7 Å². The van der Waals surface area contributed by atoms with Crippen LogP contribution in [0.4, 0.5) is 17.1 Å². The fourth-order valence-electron chi connectivity index (χ4n) is 2.12. The third kappa shape index (κ3) is 3.11. The highest BCUT2D eigenvalue weighted by Crippen LogP contribution is 2.35. The molecule has 0 atom stereocenters. The highest BCUT2D eigenvalue weighted by Gasteiger charge is 2.28. The second kappa shape index (κ2) is 5.66. The zero-order chi connectivity index (χ0) is 15.6. The van der Waals surface area contributed by atoms with Crippen molar-refractivity contribution in [2.45, 2.75) is 25.3 Å². The molecule has 0 radical (unpaired) electrons. The van der Waals surface area contributed by atoms with Crippen molar-refractivity contribution in [3.63, 3.8) is 0 Å². The van der Waals surface area contributed by atoms with Crippen molar-refractivity contribution in [3.05, 3.63) is 27.8 Å². The molecule has 8 heteroatoms. The summed E-state index contributed by atoms with van der Waals surface area (Å²) in [6, 6.07) is 2.88. The molecule has 1 heterocycles. The number of carbonyl (C=O) groups is 1. The maximum atomic E-state index is 11.4. The fourth-order valence-corrected chi connectivity index (χ4v) is 2.12. The number of benzene rings is 1. The number of hydrogen-bond acceptors (Lipinski definition) is 6. The molecular weight excluding hydrogens is 278 g/mol. The molecule has 4 N–H and O–H groups in total. The molecule has 1 aliphatic heterocycles. The molecule has 0 aromatic heterocycles. The van der Waals surface area contributed by atoms with Crippen LogP contribution < -0.4 is 10.6 Å². The molecule has 8 nitrogen and oxygen atoms in total. The molecule has 0 fully saturated rings. The molecule has 0 unspecified atom stereocenters. The van der Waals surface area contributed by atoms with Crippen LogP contribution in [0.3, 0.4) is 0 Å². The number of amides is 1. The van der Waals surface area contributed by atoms with E-state index >= 15 is 0 Å². The van der Waals surface area contributed by atoms with Crippen molar-refractivity contribution in [2.24, 2.45) is 0 Å². The Balaban J connectivity index is 2.45. The SMILES string of the molecule is CC(CO)(CO)Nc1cc2c(cc1[N+](=O)[O-])CCC(=O)N2. The van der Waals surface area contributed by atoms with E-state index < -0.39 is 23.7 Å². The lowest BCUT2D eigenvalue weighted by Gasteiger charge is -2.28. The summed E-state index contributed by atoms with van der Waals surface area (Å²) in [6.45, 7) is 0.739. The Hall–Kier alpha value is -2.19. The number of nitrogens with one attached hydrogen (secondary N) is 2. The summed E-state index contributed by atoms with van der Waals surface area (Å²) < 4.78 is 0. The average Bonchev–Trinajstić information content (AvgIpc) is 2.46. The molecule has 1 aliphatic rings. The Kier molecular flexibility index (Phi) is 4.10. The van der Waals surface area contributed by atoms with Gasteiger partial charge in [0.1, 0.15) is 5.69 Å². The summed E-state index contributed by atoms with van der Waals surface area (Å²) in [7, 11) is 0. The number of nitro benzene ring substituents is 1. The molecule has 21 heavy (non-hydrogen) atoms. The van der Waals surface area contributed by atoms with Gasteiger partial charge in [0.25, 0.3) is 5.69 Å². The monoisotopic (exact) mass is 295 g/mol. The van der Waals surface area contributed by atoms with E-state index in [0.717, 1.165) is 0 Å². The number of carbonyl (C=O) groups excluding carboxylic acids is 1. The molecule has 0 spiro atoms. The number of aryl methyl sites for hydroxylation is 1. The number of aliphatic hydroxyl groups is 2. The van der Waals surface area contributed by atoms with Crippen LogP contribution in [0.1, 0.15) is 18.9 Å². The van der Waals surface area contributed by atoms with Gasteiger partial charge in [0, 0.05) is 18.2 Å². The predicted molar refractivity (Wildman–Crippen MR) is 76.2 cm³/mol. The zero-order valence-corrected chi connectivity index (χ0v) is 11.5. The third-order valence-electron chi connectivity index (χ3n) is 3.45. The Morgan fingerprint density at radius 3 is 2.62 bits per heavy atom. The minimum absolute atomic E-state index is 0.144. The minimum atomic E-state index is -1.10. The number of rotatable bonds is 5. The van der Waals surface area contributed by atoms with Gasteiger partial charge in [-0.15, -0.1) is 0 Å². The largest absolute Gasteiger partial charge is 0.394 e. The van der Waals surface area contributed by atoms with Crippen molar-refractivity contribution >= 4 is 23.0 Å². The highest BCUT2D eigenvalue weighted by atomic mass is 16.6. The second-order valence-electron chi connectivity index (χ2n) is 5.33. The van der Waals surface area contributed by atoms with Gasteiger partial charge in [-0.3, -0.25) is 14.9 Å². The number of anilines is 2. The molecule has 0 saturated carbocycles. The normalized spacial score (nSPS) is 14.3. The molecule has 114 valence electrons. The van der Waals surface area contributed by atoms with Crippen molar-refractivity contribution in [1.82, 2.24) is 0 Å². The van der Waals surface area contributed by atoms with Crippen molar-refractivity contribution < 1.29 is 19.9 Å². The Morgan fingerprint density at radius 2 is 2.05 bits per heavy atom. The quantitative estimate of drug-likeness (QED) is 0.466. The van der Waals surface area contributed by atoms with E-state index in [1.54, 1.807) is 0 Å². The number of aliphatic hydroxyl groups excluding tert-OH is 2. The number of fused-ring (bicyclic) bond motifs is 1. The fraction of sp³-hybridized carbons (Fsp3) is 0.462. The summed E-state index contributed by atoms with van der Waals surface area (Å²) in [5.74, 6) is -0.144. The molecule has 1 amide bonds. The Morgan fingerprint density at radius 1 is 1.38 bits per heavy atom. The minimum Gasteiger partial charge on any atom is -0.394 e.